The summed E-state index contributed by atoms with van der Waals surface area (Å²) in [6.45, 7) is 1.08. The van der Waals surface area contributed by atoms with Crippen molar-refractivity contribution in [3.63, 3.8) is 0 Å². The molecule has 1 N–H and O–H groups in total. The number of halogens is 1. The second-order valence-corrected chi connectivity index (χ2v) is 4.41. The minimum Gasteiger partial charge on any atom is -0.307 e. The lowest BCUT2D eigenvalue weighted by Crippen LogP contribution is -2.55. The average Bonchev–Trinajstić information content (AvgIpc) is 2.14. The Morgan fingerprint density at radius 3 is 2.86 bits per heavy atom. The van der Waals surface area contributed by atoms with Crippen molar-refractivity contribution >= 4 is 0 Å². The molecule has 1 spiro atoms. The van der Waals surface area contributed by atoms with Crippen LogP contribution in [0, 0.1) is 5.82 Å². The van der Waals surface area contributed by atoms with Crippen molar-refractivity contribution in [3.05, 3.63) is 35.1 Å². The summed E-state index contributed by atoms with van der Waals surface area (Å²) in [5, 5.41) is 3.48. The van der Waals surface area contributed by atoms with Gasteiger partial charge in [-0.05, 0) is 55.5 Å². The number of rotatable bonds is 0. The Labute approximate surface area is 83.3 Å². The first-order valence-electron chi connectivity index (χ1n) is 5.34. The van der Waals surface area contributed by atoms with E-state index in [-0.39, 0.29) is 11.4 Å². The van der Waals surface area contributed by atoms with Gasteiger partial charge in [-0.25, -0.2) is 4.39 Å². The van der Waals surface area contributed by atoms with E-state index in [1.54, 1.807) is 12.1 Å². The molecule has 14 heavy (non-hydrogen) atoms. The van der Waals surface area contributed by atoms with E-state index in [1.165, 1.54) is 30.4 Å². The zero-order chi connectivity index (χ0) is 9.60. The molecule has 1 heterocycles. The van der Waals surface area contributed by atoms with Gasteiger partial charge in [0.05, 0.1) is 0 Å². The highest BCUT2D eigenvalue weighted by Crippen LogP contribution is 2.41. The van der Waals surface area contributed by atoms with Gasteiger partial charge in [0.15, 0.2) is 0 Å². The average molecular weight is 191 g/mol. The number of hydrogen-bond acceptors (Lipinski definition) is 1. The van der Waals surface area contributed by atoms with Crippen LogP contribution in [0.3, 0.4) is 0 Å². The largest absolute Gasteiger partial charge is 0.307 e. The van der Waals surface area contributed by atoms with Gasteiger partial charge in [-0.15, -0.1) is 0 Å². The van der Waals surface area contributed by atoms with Crippen LogP contribution in [0.2, 0.25) is 0 Å². The molecular weight excluding hydrogens is 177 g/mol. The SMILES string of the molecule is Fc1ccc2c(c1)[C@]1(CCC2)CCN1. The summed E-state index contributed by atoms with van der Waals surface area (Å²) < 4.78 is 13.2. The molecule has 1 saturated heterocycles. The summed E-state index contributed by atoms with van der Waals surface area (Å²) in [6, 6.07) is 5.25. The van der Waals surface area contributed by atoms with Crippen LogP contribution >= 0.6 is 0 Å². The number of hydrogen-bond donors (Lipinski definition) is 1. The Bertz CT molecular complexity index is 369. The maximum absolute atomic E-state index is 13.2. The Morgan fingerprint density at radius 2 is 2.14 bits per heavy atom. The third-order valence-corrected chi connectivity index (χ3v) is 3.65. The summed E-state index contributed by atoms with van der Waals surface area (Å²) in [7, 11) is 0. The summed E-state index contributed by atoms with van der Waals surface area (Å²) in [5.74, 6) is -0.0984. The molecule has 2 heteroatoms. The predicted molar refractivity (Wildman–Crippen MR) is 53.6 cm³/mol. The molecule has 0 aromatic heterocycles. The van der Waals surface area contributed by atoms with Crippen molar-refractivity contribution in [1.82, 2.24) is 5.32 Å². The van der Waals surface area contributed by atoms with Crippen LogP contribution in [0.1, 0.15) is 30.4 Å². The van der Waals surface area contributed by atoms with Crippen LogP contribution in [0.4, 0.5) is 4.39 Å². The lowest BCUT2D eigenvalue weighted by Gasteiger charge is -2.47. The number of benzene rings is 1. The van der Waals surface area contributed by atoms with Gasteiger partial charge in [0.25, 0.3) is 0 Å². The molecule has 74 valence electrons. The first kappa shape index (κ1) is 8.42. The fraction of sp³-hybridized carbons (Fsp3) is 0.500. The smallest absolute Gasteiger partial charge is 0.123 e. The standard InChI is InChI=1S/C12H14FN/c13-10-4-3-9-2-1-5-12(6-7-14-12)11(9)8-10/h3-4,8,14H,1-2,5-7H2/t12-/m0/s1. The molecule has 1 aromatic carbocycles. The molecule has 1 nitrogen and oxygen atoms in total. The minimum atomic E-state index is -0.0984. The van der Waals surface area contributed by atoms with Gasteiger partial charge in [0.1, 0.15) is 5.82 Å². The molecular formula is C12H14FN. The maximum Gasteiger partial charge on any atom is 0.123 e. The molecule has 0 amide bonds. The lowest BCUT2D eigenvalue weighted by molar-refractivity contribution is 0.177. The zero-order valence-electron chi connectivity index (χ0n) is 8.15. The van der Waals surface area contributed by atoms with Gasteiger partial charge in [0.2, 0.25) is 0 Å². The molecule has 0 unspecified atom stereocenters. The normalized spacial score (nSPS) is 29.8. The minimum absolute atomic E-state index is 0.0984. The fourth-order valence-electron chi connectivity index (χ4n) is 2.80. The van der Waals surface area contributed by atoms with Crippen LogP contribution < -0.4 is 5.32 Å². The van der Waals surface area contributed by atoms with Crippen LogP contribution in [-0.4, -0.2) is 6.54 Å². The highest BCUT2D eigenvalue weighted by molar-refractivity contribution is 5.38. The second-order valence-electron chi connectivity index (χ2n) is 4.41. The first-order valence-corrected chi connectivity index (χ1v) is 5.34. The Balaban J connectivity index is 2.12. The van der Waals surface area contributed by atoms with Crippen LogP contribution in [0.5, 0.6) is 0 Å². The van der Waals surface area contributed by atoms with Crippen LogP contribution in [0.15, 0.2) is 18.2 Å². The fourth-order valence-corrected chi connectivity index (χ4v) is 2.80. The van der Waals surface area contributed by atoms with Crippen molar-refractivity contribution < 1.29 is 4.39 Å². The maximum atomic E-state index is 13.2. The van der Waals surface area contributed by atoms with Gasteiger partial charge < -0.3 is 5.32 Å². The molecule has 1 aliphatic carbocycles. The van der Waals surface area contributed by atoms with E-state index >= 15 is 0 Å². The van der Waals surface area contributed by atoms with Gasteiger partial charge in [0, 0.05) is 5.54 Å². The third-order valence-electron chi connectivity index (χ3n) is 3.65. The van der Waals surface area contributed by atoms with Crippen molar-refractivity contribution in [2.24, 2.45) is 0 Å². The topological polar surface area (TPSA) is 12.0 Å². The molecule has 0 bridgehead atoms. The highest BCUT2D eigenvalue weighted by atomic mass is 19.1. The Morgan fingerprint density at radius 1 is 1.29 bits per heavy atom. The summed E-state index contributed by atoms with van der Waals surface area (Å²) in [5.41, 5.74) is 2.69. The Hall–Kier alpha value is -0.890. The molecule has 0 radical (unpaired) electrons. The van der Waals surface area contributed by atoms with Gasteiger partial charge in [-0.2, -0.15) is 0 Å². The number of nitrogens with one attached hydrogen (secondary N) is 1. The zero-order valence-corrected chi connectivity index (χ0v) is 8.15. The van der Waals surface area contributed by atoms with Gasteiger partial charge in [-0.1, -0.05) is 6.07 Å². The molecule has 1 atom stereocenters. The number of aryl methyl sites for hydroxylation is 1. The molecule has 2 aliphatic rings. The second kappa shape index (κ2) is 2.80. The van der Waals surface area contributed by atoms with Crippen molar-refractivity contribution in [2.45, 2.75) is 31.2 Å². The van der Waals surface area contributed by atoms with E-state index in [1.807, 2.05) is 6.07 Å². The van der Waals surface area contributed by atoms with Crippen LogP contribution in [0.25, 0.3) is 0 Å². The summed E-state index contributed by atoms with van der Waals surface area (Å²) >= 11 is 0. The monoisotopic (exact) mass is 191 g/mol. The number of fused-ring (bicyclic) bond motifs is 2. The molecule has 3 rings (SSSR count). The summed E-state index contributed by atoms with van der Waals surface area (Å²) in [6.07, 6.45) is 4.68. The predicted octanol–water partition coefficient (Wildman–Crippen LogP) is 2.35. The quantitative estimate of drug-likeness (QED) is 0.663. The van der Waals surface area contributed by atoms with E-state index < -0.39 is 0 Å². The van der Waals surface area contributed by atoms with Gasteiger partial charge >= 0.3 is 0 Å². The highest BCUT2D eigenvalue weighted by Gasteiger charge is 2.41. The van der Waals surface area contributed by atoms with Crippen molar-refractivity contribution in [2.75, 3.05) is 6.54 Å². The van der Waals surface area contributed by atoms with E-state index in [2.05, 4.69) is 5.32 Å². The molecule has 1 aromatic rings. The Kier molecular flexibility index (Phi) is 1.68. The molecule has 0 saturated carbocycles. The third kappa shape index (κ3) is 1.04. The van der Waals surface area contributed by atoms with Crippen molar-refractivity contribution in [1.29, 1.82) is 0 Å². The first-order chi connectivity index (χ1) is 6.80. The van der Waals surface area contributed by atoms with E-state index in [0.29, 0.717) is 0 Å². The molecule has 1 fully saturated rings. The van der Waals surface area contributed by atoms with Crippen molar-refractivity contribution in [3.8, 4) is 0 Å². The van der Waals surface area contributed by atoms with Gasteiger partial charge in [-0.3, -0.25) is 0 Å². The van der Waals surface area contributed by atoms with E-state index in [0.717, 1.165) is 13.0 Å². The summed E-state index contributed by atoms with van der Waals surface area (Å²) in [4.78, 5) is 0. The van der Waals surface area contributed by atoms with E-state index in [9.17, 15) is 4.39 Å². The lowest BCUT2D eigenvalue weighted by atomic mass is 9.71. The molecule has 1 aliphatic heterocycles. The van der Waals surface area contributed by atoms with Crippen LogP contribution in [-0.2, 0) is 12.0 Å². The van der Waals surface area contributed by atoms with E-state index in [4.69, 9.17) is 0 Å².